The zero-order valence-electron chi connectivity index (χ0n) is 11.9. The van der Waals surface area contributed by atoms with Crippen LogP contribution in [0.15, 0.2) is 24.3 Å². The predicted octanol–water partition coefficient (Wildman–Crippen LogP) is 2.31. The fourth-order valence-electron chi connectivity index (χ4n) is 1.93. The molecular formula is C16H22N2O. The molecule has 1 aromatic rings. The Morgan fingerprint density at radius 2 is 1.95 bits per heavy atom. The lowest BCUT2D eigenvalue weighted by atomic mass is 9.98. The fraction of sp³-hybridized carbons (Fsp3) is 0.438. The molecule has 0 aliphatic heterocycles. The van der Waals surface area contributed by atoms with Crippen LogP contribution in [0.1, 0.15) is 49.5 Å². The van der Waals surface area contributed by atoms with Gasteiger partial charge in [-0.3, -0.25) is 4.79 Å². The minimum absolute atomic E-state index is 0.0446. The minimum Gasteiger partial charge on any atom is -0.347 e. The van der Waals surface area contributed by atoms with Crippen molar-refractivity contribution in [1.82, 2.24) is 5.32 Å². The summed E-state index contributed by atoms with van der Waals surface area (Å²) in [4.78, 5) is 12.1. The molecule has 0 bridgehead atoms. The van der Waals surface area contributed by atoms with E-state index in [9.17, 15) is 4.79 Å². The van der Waals surface area contributed by atoms with Crippen molar-refractivity contribution in [3.05, 3.63) is 35.4 Å². The van der Waals surface area contributed by atoms with Crippen LogP contribution in [0.25, 0.3) is 0 Å². The molecule has 0 aromatic heterocycles. The molecule has 0 radical (unpaired) electrons. The molecule has 3 heteroatoms. The highest BCUT2D eigenvalue weighted by molar-refractivity contribution is 5.94. The van der Waals surface area contributed by atoms with Gasteiger partial charge >= 0.3 is 0 Å². The van der Waals surface area contributed by atoms with E-state index in [2.05, 4.69) is 24.1 Å². The first kappa shape index (κ1) is 15.3. The van der Waals surface area contributed by atoms with Gasteiger partial charge < -0.3 is 11.1 Å². The van der Waals surface area contributed by atoms with E-state index in [0.717, 1.165) is 18.4 Å². The van der Waals surface area contributed by atoms with E-state index in [4.69, 9.17) is 5.73 Å². The van der Waals surface area contributed by atoms with Crippen molar-refractivity contribution in [1.29, 1.82) is 0 Å². The van der Waals surface area contributed by atoms with E-state index >= 15 is 0 Å². The van der Waals surface area contributed by atoms with E-state index in [-0.39, 0.29) is 11.4 Å². The van der Waals surface area contributed by atoms with Crippen LogP contribution in [-0.2, 0) is 0 Å². The average molecular weight is 258 g/mol. The van der Waals surface area contributed by atoms with Gasteiger partial charge in [-0.05, 0) is 44.5 Å². The molecular weight excluding hydrogens is 236 g/mol. The van der Waals surface area contributed by atoms with Crippen molar-refractivity contribution in [2.45, 2.75) is 39.2 Å². The van der Waals surface area contributed by atoms with Gasteiger partial charge in [-0.1, -0.05) is 25.2 Å². The average Bonchev–Trinajstić information content (AvgIpc) is 2.36. The molecule has 0 aliphatic rings. The topological polar surface area (TPSA) is 55.1 Å². The maximum atomic E-state index is 12.1. The van der Waals surface area contributed by atoms with Gasteiger partial charge in [0.1, 0.15) is 0 Å². The SMILES string of the molecule is CCCC(C)(C)NC(=O)c1ccc(C#CCN)cc1. The molecule has 1 amide bonds. The Hall–Kier alpha value is -1.79. The van der Waals surface area contributed by atoms with Gasteiger partial charge in [0.2, 0.25) is 0 Å². The van der Waals surface area contributed by atoms with Crippen LogP contribution in [-0.4, -0.2) is 18.0 Å². The lowest BCUT2D eigenvalue weighted by molar-refractivity contribution is 0.0909. The van der Waals surface area contributed by atoms with Crippen molar-refractivity contribution in [2.24, 2.45) is 5.73 Å². The highest BCUT2D eigenvalue weighted by atomic mass is 16.1. The number of benzene rings is 1. The molecule has 0 atom stereocenters. The van der Waals surface area contributed by atoms with Crippen LogP contribution >= 0.6 is 0 Å². The lowest BCUT2D eigenvalue weighted by Crippen LogP contribution is -2.43. The zero-order chi connectivity index (χ0) is 14.3. The maximum Gasteiger partial charge on any atom is 0.251 e. The van der Waals surface area contributed by atoms with Crippen molar-refractivity contribution < 1.29 is 4.79 Å². The normalized spacial score (nSPS) is 10.5. The Balaban J connectivity index is 2.73. The fourth-order valence-corrected chi connectivity index (χ4v) is 1.93. The smallest absolute Gasteiger partial charge is 0.251 e. The van der Waals surface area contributed by atoms with E-state index in [0.29, 0.717) is 12.1 Å². The van der Waals surface area contributed by atoms with Gasteiger partial charge in [0.25, 0.3) is 5.91 Å². The number of nitrogens with one attached hydrogen (secondary N) is 1. The summed E-state index contributed by atoms with van der Waals surface area (Å²) in [5.41, 5.74) is 6.66. The molecule has 0 saturated carbocycles. The number of carbonyl (C=O) groups is 1. The Morgan fingerprint density at radius 1 is 1.32 bits per heavy atom. The molecule has 1 aromatic carbocycles. The first-order chi connectivity index (χ1) is 8.98. The second-order valence-electron chi connectivity index (χ2n) is 5.17. The van der Waals surface area contributed by atoms with E-state index < -0.39 is 0 Å². The molecule has 0 aliphatic carbocycles. The monoisotopic (exact) mass is 258 g/mol. The third kappa shape index (κ3) is 5.15. The van der Waals surface area contributed by atoms with Gasteiger partial charge in [0, 0.05) is 16.7 Å². The first-order valence-electron chi connectivity index (χ1n) is 6.60. The maximum absolute atomic E-state index is 12.1. The number of amides is 1. The third-order valence-corrected chi connectivity index (χ3v) is 2.81. The first-order valence-corrected chi connectivity index (χ1v) is 6.60. The summed E-state index contributed by atoms with van der Waals surface area (Å²) in [6, 6.07) is 7.25. The summed E-state index contributed by atoms with van der Waals surface area (Å²) >= 11 is 0. The largest absolute Gasteiger partial charge is 0.347 e. The van der Waals surface area contributed by atoms with Gasteiger partial charge in [-0.2, -0.15) is 0 Å². The van der Waals surface area contributed by atoms with Crippen LogP contribution in [0.3, 0.4) is 0 Å². The predicted molar refractivity (Wildman–Crippen MR) is 78.8 cm³/mol. The highest BCUT2D eigenvalue weighted by Crippen LogP contribution is 2.12. The number of nitrogens with two attached hydrogens (primary N) is 1. The van der Waals surface area contributed by atoms with Crippen molar-refractivity contribution in [3.8, 4) is 11.8 Å². The summed E-state index contributed by atoms with van der Waals surface area (Å²) in [6.45, 7) is 6.53. The zero-order valence-corrected chi connectivity index (χ0v) is 11.9. The molecule has 0 fully saturated rings. The molecule has 0 unspecified atom stereocenters. The quantitative estimate of drug-likeness (QED) is 0.814. The van der Waals surface area contributed by atoms with Crippen LogP contribution in [0.5, 0.6) is 0 Å². The van der Waals surface area contributed by atoms with Crippen LogP contribution in [0, 0.1) is 11.8 Å². The van der Waals surface area contributed by atoms with Gasteiger partial charge in [0.15, 0.2) is 0 Å². The molecule has 3 N–H and O–H groups in total. The van der Waals surface area contributed by atoms with Crippen molar-refractivity contribution in [2.75, 3.05) is 6.54 Å². The molecule has 0 heterocycles. The Morgan fingerprint density at radius 3 is 2.47 bits per heavy atom. The Bertz CT molecular complexity index is 478. The number of hydrogen-bond donors (Lipinski definition) is 2. The molecule has 1 rings (SSSR count). The van der Waals surface area contributed by atoms with Crippen LogP contribution in [0.2, 0.25) is 0 Å². The summed E-state index contributed by atoms with van der Waals surface area (Å²) in [5, 5.41) is 3.04. The van der Waals surface area contributed by atoms with Gasteiger partial charge in [0.05, 0.1) is 6.54 Å². The summed E-state index contributed by atoms with van der Waals surface area (Å²) in [7, 11) is 0. The summed E-state index contributed by atoms with van der Waals surface area (Å²) in [6.07, 6.45) is 2.00. The Kier molecular flexibility index (Phi) is 5.59. The summed E-state index contributed by atoms with van der Waals surface area (Å²) < 4.78 is 0. The number of carbonyl (C=O) groups excluding carboxylic acids is 1. The van der Waals surface area contributed by atoms with Gasteiger partial charge in [-0.25, -0.2) is 0 Å². The molecule has 3 nitrogen and oxygen atoms in total. The van der Waals surface area contributed by atoms with E-state index in [1.807, 2.05) is 26.0 Å². The van der Waals surface area contributed by atoms with E-state index in [1.54, 1.807) is 12.1 Å². The summed E-state index contributed by atoms with van der Waals surface area (Å²) in [5.74, 6) is 5.67. The molecule has 102 valence electrons. The molecule has 0 spiro atoms. The second-order valence-corrected chi connectivity index (χ2v) is 5.17. The Labute approximate surface area is 115 Å². The van der Waals surface area contributed by atoms with Crippen molar-refractivity contribution >= 4 is 5.91 Å². The minimum atomic E-state index is -0.177. The molecule has 0 saturated heterocycles. The van der Waals surface area contributed by atoms with E-state index in [1.165, 1.54) is 0 Å². The highest BCUT2D eigenvalue weighted by Gasteiger charge is 2.19. The second kappa shape index (κ2) is 6.96. The number of hydrogen-bond acceptors (Lipinski definition) is 2. The van der Waals surface area contributed by atoms with Crippen LogP contribution in [0.4, 0.5) is 0 Å². The standard InChI is InChI=1S/C16H22N2O/c1-4-11-16(2,3)18-15(19)14-9-7-13(8-10-14)6-5-12-17/h7-10H,4,11-12,17H2,1-3H3,(H,18,19). The third-order valence-electron chi connectivity index (χ3n) is 2.81. The lowest BCUT2D eigenvalue weighted by Gasteiger charge is -2.25. The molecule has 19 heavy (non-hydrogen) atoms. The van der Waals surface area contributed by atoms with Gasteiger partial charge in [-0.15, -0.1) is 0 Å². The van der Waals surface area contributed by atoms with Crippen molar-refractivity contribution in [3.63, 3.8) is 0 Å². The number of rotatable bonds is 4. The van der Waals surface area contributed by atoms with Crippen LogP contribution < -0.4 is 11.1 Å².